The lowest BCUT2D eigenvalue weighted by molar-refractivity contribution is -0.882. The van der Waals surface area contributed by atoms with Gasteiger partial charge in [-0.1, -0.05) is 78.1 Å². The van der Waals surface area contributed by atoms with Gasteiger partial charge in [0.25, 0.3) is 0 Å². The Balaban J connectivity index is 0. The Labute approximate surface area is 152 Å². The molecule has 0 heterocycles. The standard InChI is InChI=1S/C20H42NO.ClH/c1-5-7-8-9-10-11-12-13-14-15-16-17-20(22)19-21(3,4)18-6-2;/h5-19H2,1-4H3;1H/q+1;/p-1. The molecule has 140 valence electrons. The van der Waals surface area contributed by atoms with Gasteiger partial charge in [0.15, 0.2) is 5.78 Å². The summed E-state index contributed by atoms with van der Waals surface area (Å²) in [5.74, 6) is 0.453. The molecular weight excluding hydrogens is 306 g/mol. The van der Waals surface area contributed by atoms with E-state index in [-0.39, 0.29) is 12.4 Å². The Hall–Kier alpha value is -0.0800. The Morgan fingerprint density at radius 3 is 1.57 bits per heavy atom. The molecule has 0 aliphatic rings. The highest BCUT2D eigenvalue weighted by molar-refractivity contribution is 5.79. The average Bonchev–Trinajstić information content (AvgIpc) is 2.44. The second-order valence-corrected chi connectivity index (χ2v) is 7.64. The first kappa shape index (κ1) is 25.2. The van der Waals surface area contributed by atoms with Gasteiger partial charge in [0, 0.05) is 6.42 Å². The number of hydrogen-bond acceptors (Lipinski definition) is 1. The molecule has 0 saturated heterocycles. The summed E-state index contributed by atoms with van der Waals surface area (Å²) in [6, 6.07) is 0. The zero-order valence-electron chi connectivity index (χ0n) is 16.3. The van der Waals surface area contributed by atoms with Crippen LogP contribution in [-0.4, -0.2) is 37.5 Å². The predicted molar refractivity (Wildman–Crippen MR) is 98.2 cm³/mol. The third-order valence-corrected chi connectivity index (χ3v) is 4.49. The van der Waals surface area contributed by atoms with Crippen molar-refractivity contribution in [2.24, 2.45) is 0 Å². The topological polar surface area (TPSA) is 17.1 Å². The molecule has 0 N–H and O–H groups in total. The van der Waals surface area contributed by atoms with Crippen LogP contribution in [0.5, 0.6) is 0 Å². The first-order valence-corrected chi connectivity index (χ1v) is 9.85. The lowest BCUT2D eigenvalue weighted by atomic mass is 10.0. The number of quaternary nitrogens is 1. The van der Waals surface area contributed by atoms with Crippen molar-refractivity contribution in [3.05, 3.63) is 0 Å². The van der Waals surface area contributed by atoms with E-state index in [1.54, 1.807) is 0 Å². The summed E-state index contributed by atoms with van der Waals surface area (Å²) in [6.07, 6.45) is 16.8. The monoisotopic (exact) mass is 347 g/mol. The van der Waals surface area contributed by atoms with E-state index in [0.29, 0.717) is 12.3 Å². The van der Waals surface area contributed by atoms with Crippen LogP contribution < -0.4 is 12.4 Å². The van der Waals surface area contributed by atoms with Crippen LogP contribution >= 0.6 is 0 Å². The van der Waals surface area contributed by atoms with Gasteiger partial charge in [0.2, 0.25) is 0 Å². The molecule has 0 spiro atoms. The predicted octanol–water partition coefficient (Wildman–Crippen LogP) is 2.75. The Morgan fingerprint density at radius 1 is 0.696 bits per heavy atom. The van der Waals surface area contributed by atoms with Gasteiger partial charge in [-0.25, -0.2) is 0 Å². The highest BCUT2D eigenvalue weighted by Crippen LogP contribution is 2.12. The molecule has 0 radical (unpaired) electrons. The molecule has 0 fully saturated rings. The van der Waals surface area contributed by atoms with Crippen LogP contribution in [0.25, 0.3) is 0 Å². The van der Waals surface area contributed by atoms with Gasteiger partial charge < -0.3 is 16.9 Å². The second kappa shape index (κ2) is 16.8. The van der Waals surface area contributed by atoms with Crippen LogP contribution in [0.4, 0.5) is 0 Å². The first-order chi connectivity index (χ1) is 10.5. The average molecular weight is 348 g/mol. The fourth-order valence-corrected chi connectivity index (χ4v) is 3.23. The number of carbonyl (C=O) groups excluding carboxylic acids is 1. The summed E-state index contributed by atoms with van der Waals surface area (Å²) >= 11 is 0. The minimum Gasteiger partial charge on any atom is -1.00 e. The molecule has 0 aliphatic carbocycles. The van der Waals surface area contributed by atoms with Crippen LogP contribution in [0.15, 0.2) is 0 Å². The zero-order chi connectivity index (χ0) is 16.7. The van der Waals surface area contributed by atoms with Crippen molar-refractivity contribution in [1.29, 1.82) is 0 Å². The van der Waals surface area contributed by atoms with Crippen LogP contribution in [0.2, 0.25) is 0 Å². The van der Waals surface area contributed by atoms with Crippen molar-refractivity contribution in [3.63, 3.8) is 0 Å². The van der Waals surface area contributed by atoms with E-state index >= 15 is 0 Å². The van der Waals surface area contributed by atoms with Crippen LogP contribution in [-0.2, 0) is 4.79 Å². The van der Waals surface area contributed by atoms with Gasteiger partial charge in [0.1, 0.15) is 6.54 Å². The van der Waals surface area contributed by atoms with Gasteiger partial charge in [-0.05, 0) is 12.8 Å². The number of unbranched alkanes of at least 4 members (excludes halogenated alkanes) is 10. The minimum absolute atomic E-state index is 0. The zero-order valence-corrected chi connectivity index (χ0v) is 17.1. The largest absolute Gasteiger partial charge is 1.00 e. The van der Waals surface area contributed by atoms with Crippen molar-refractivity contribution in [1.82, 2.24) is 0 Å². The molecule has 0 rings (SSSR count). The van der Waals surface area contributed by atoms with Gasteiger partial charge in [-0.3, -0.25) is 4.79 Å². The van der Waals surface area contributed by atoms with Gasteiger partial charge in [0.05, 0.1) is 20.6 Å². The summed E-state index contributed by atoms with van der Waals surface area (Å²) in [7, 11) is 4.34. The molecule has 0 aromatic rings. The highest BCUT2D eigenvalue weighted by Gasteiger charge is 2.18. The molecular formula is C20H42ClNO. The number of likely N-dealkylation sites (N-methyl/N-ethyl adjacent to an activating group) is 1. The molecule has 0 aromatic heterocycles. The minimum atomic E-state index is 0. The maximum absolute atomic E-state index is 12.0. The number of nitrogens with zero attached hydrogens (tertiary/aromatic N) is 1. The maximum Gasteiger partial charge on any atom is 0.186 e. The molecule has 0 unspecified atom stereocenters. The van der Waals surface area contributed by atoms with Crippen LogP contribution in [0.1, 0.15) is 97.3 Å². The van der Waals surface area contributed by atoms with Crippen molar-refractivity contribution in [2.45, 2.75) is 97.3 Å². The van der Waals surface area contributed by atoms with Gasteiger partial charge in [-0.2, -0.15) is 0 Å². The van der Waals surface area contributed by atoms with Crippen molar-refractivity contribution in [2.75, 3.05) is 27.2 Å². The molecule has 23 heavy (non-hydrogen) atoms. The van der Waals surface area contributed by atoms with E-state index in [2.05, 4.69) is 27.9 Å². The van der Waals surface area contributed by atoms with Crippen molar-refractivity contribution < 1.29 is 21.7 Å². The summed E-state index contributed by atoms with van der Waals surface area (Å²) in [6.45, 7) is 6.28. The fourth-order valence-electron chi connectivity index (χ4n) is 3.23. The molecule has 0 aliphatic heterocycles. The Morgan fingerprint density at radius 2 is 1.13 bits per heavy atom. The Kier molecular flexibility index (Phi) is 18.3. The molecule has 3 heteroatoms. The van der Waals surface area contributed by atoms with Crippen LogP contribution in [0, 0.1) is 0 Å². The molecule has 0 atom stereocenters. The summed E-state index contributed by atoms with van der Waals surface area (Å²) in [4.78, 5) is 12.0. The normalized spacial score (nSPS) is 11.3. The third-order valence-electron chi connectivity index (χ3n) is 4.49. The van der Waals surface area contributed by atoms with E-state index in [1.807, 2.05) is 0 Å². The van der Waals surface area contributed by atoms with E-state index in [0.717, 1.165) is 30.3 Å². The number of rotatable bonds is 16. The SMILES string of the molecule is CCCCCCCCCCCCCC(=O)C[N+](C)(C)CCC.[Cl-]. The number of Topliss-reactive ketones (excluding diaryl/α,β-unsaturated/α-hetero) is 1. The highest BCUT2D eigenvalue weighted by atomic mass is 35.5. The van der Waals surface area contributed by atoms with Crippen LogP contribution in [0.3, 0.4) is 0 Å². The van der Waals surface area contributed by atoms with E-state index < -0.39 is 0 Å². The van der Waals surface area contributed by atoms with Gasteiger partial charge in [-0.15, -0.1) is 0 Å². The summed E-state index contributed by atoms with van der Waals surface area (Å²) in [5.41, 5.74) is 0. The number of carbonyl (C=O) groups is 1. The molecule has 0 saturated carbocycles. The lowest BCUT2D eigenvalue weighted by Crippen LogP contribution is -3.00. The maximum atomic E-state index is 12.0. The lowest BCUT2D eigenvalue weighted by Gasteiger charge is -2.28. The quantitative estimate of drug-likeness (QED) is 0.310. The molecule has 0 amide bonds. The molecule has 0 bridgehead atoms. The first-order valence-electron chi connectivity index (χ1n) is 9.85. The van der Waals surface area contributed by atoms with Crippen molar-refractivity contribution in [3.8, 4) is 0 Å². The molecule has 0 aromatic carbocycles. The van der Waals surface area contributed by atoms with Crippen molar-refractivity contribution >= 4 is 5.78 Å². The smallest absolute Gasteiger partial charge is 0.186 e. The van der Waals surface area contributed by atoms with E-state index in [1.165, 1.54) is 64.2 Å². The second-order valence-electron chi connectivity index (χ2n) is 7.64. The van der Waals surface area contributed by atoms with E-state index in [9.17, 15) is 4.79 Å². The Bertz CT molecular complexity index is 266. The van der Waals surface area contributed by atoms with E-state index in [4.69, 9.17) is 0 Å². The summed E-state index contributed by atoms with van der Waals surface area (Å²) in [5, 5.41) is 0. The van der Waals surface area contributed by atoms with Gasteiger partial charge >= 0.3 is 0 Å². The number of ketones is 1. The molecule has 2 nitrogen and oxygen atoms in total. The third kappa shape index (κ3) is 18.1. The summed E-state index contributed by atoms with van der Waals surface area (Å²) < 4.78 is 0.855. The number of hydrogen-bond donors (Lipinski definition) is 0. The number of halogens is 1. The fraction of sp³-hybridized carbons (Fsp3) is 0.950.